The molecular weight excluding hydrogens is 218 g/mol. The van der Waals surface area contributed by atoms with E-state index >= 15 is 0 Å². The zero-order chi connectivity index (χ0) is 12.1. The number of ether oxygens (including phenoxy) is 1. The van der Waals surface area contributed by atoms with E-state index in [0.717, 1.165) is 18.7 Å². The van der Waals surface area contributed by atoms with Crippen LogP contribution in [0.5, 0.6) is 0 Å². The van der Waals surface area contributed by atoms with Crippen molar-refractivity contribution in [1.29, 1.82) is 0 Å². The number of aryl methyl sites for hydroxylation is 1. The molecule has 17 heavy (non-hydrogen) atoms. The minimum absolute atomic E-state index is 0.269. The zero-order valence-electron chi connectivity index (χ0n) is 10.6. The predicted molar refractivity (Wildman–Crippen MR) is 63.6 cm³/mol. The molecule has 2 atom stereocenters. The Morgan fingerprint density at radius 2 is 2.24 bits per heavy atom. The van der Waals surface area contributed by atoms with Crippen molar-refractivity contribution >= 4 is 0 Å². The maximum absolute atomic E-state index is 5.87. The number of rotatable bonds is 5. The second-order valence-electron chi connectivity index (χ2n) is 4.49. The molecule has 1 saturated carbocycles. The SMILES string of the molecule is CCc1noc(COC2CCCCC2NC)n1. The molecule has 1 aromatic rings. The van der Waals surface area contributed by atoms with Crippen LogP contribution in [0.2, 0.25) is 0 Å². The van der Waals surface area contributed by atoms with E-state index in [1.807, 2.05) is 14.0 Å². The van der Waals surface area contributed by atoms with Crippen LogP contribution in [0.3, 0.4) is 0 Å². The standard InChI is InChI=1S/C12H21N3O2/c1-3-11-14-12(17-15-11)8-16-10-7-5-4-6-9(10)13-2/h9-10,13H,3-8H2,1-2H3. The van der Waals surface area contributed by atoms with Gasteiger partial charge in [0.15, 0.2) is 5.82 Å². The Labute approximate surface area is 102 Å². The van der Waals surface area contributed by atoms with Crippen molar-refractivity contribution in [2.75, 3.05) is 7.05 Å². The van der Waals surface area contributed by atoms with Gasteiger partial charge in [0.25, 0.3) is 5.89 Å². The molecular formula is C12H21N3O2. The van der Waals surface area contributed by atoms with Gasteiger partial charge in [-0.3, -0.25) is 0 Å². The van der Waals surface area contributed by atoms with Crippen molar-refractivity contribution in [3.63, 3.8) is 0 Å². The summed E-state index contributed by atoms with van der Waals surface area (Å²) in [6.07, 6.45) is 5.89. The van der Waals surface area contributed by atoms with Crippen molar-refractivity contribution in [1.82, 2.24) is 15.5 Å². The van der Waals surface area contributed by atoms with Crippen LogP contribution in [0, 0.1) is 0 Å². The van der Waals surface area contributed by atoms with E-state index in [1.165, 1.54) is 19.3 Å². The van der Waals surface area contributed by atoms with Crippen LogP contribution >= 0.6 is 0 Å². The first-order valence-electron chi connectivity index (χ1n) is 6.43. The lowest BCUT2D eigenvalue weighted by Crippen LogP contribution is -2.41. The Morgan fingerprint density at radius 1 is 1.41 bits per heavy atom. The first-order chi connectivity index (χ1) is 8.33. The molecule has 0 saturated heterocycles. The molecule has 1 heterocycles. The van der Waals surface area contributed by atoms with Gasteiger partial charge in [-0.1, -0.05) is 24.9 Å². The summed E-state index contributed by atoms with van der Waals surface area (Å²) in [5.74, 6) is 1.33. The Kier molecular flexibility index (Phi) is 4.50. The summed E-state index contributed by atoms with van der Waals surface area (Å²) in [6.45, 7) is 2.43. The van der Waals surface area contributed by atoms with Crippen molar-refractivity contribution in [3.8, 4) is 0 Å². The largest absolute Gasteiger partial charge is 0.367 e. The maximum Gasteiger partial charge on any atom is 0.252 e. The van der Waals surface area contributed by atoms with Gasteiger partial charge in [0, 0.05) is 12.5 Å². The zero-order valence-corrected chi connectivity index (χ0v) is 10.6. The lowest BCUT2D eigenvalue weighted by molar-refractivity contribution is -0.0141. The highest BCUT2D eigenvalue weighted by Gasteiger charge is 2.24. The molecule has 0 radical (unpaired) electrons. The second kappa shape index (κ2) is 6.12. The van der Waals surface area contributed by atoms with Crippen molar-refractivity contribution in [3.05, 3.63) is 11.7 Å². The van der Waals surface area contributed by atoms with Gasteiger partial charge in [0.05, 0.1) is 6.10 Å². The summed E-state index contributed by atoms with van der Waals surface area (Å²) < 4.78 is 11.0. The lowest BCUT2D eigenvalue weighted by atomic mass is 9.92. The van der Waals surface area contributed by atoms with Crippen molar-refractivity contribution in [2.24, 2.45) is 0 Å². The fourth-order valence-electron chi connectivity index (χ4n) is 2.30. The summed E-state index contributed by atoms with van der Waals surface area (Å²) in [5.41, 5.74) is 0. The van der Waals surface area contributed by atoms with Crippen LogP contribution in [0.25, 0.3) is 0 Å². The molecule has 5 heteroatoms. The van der Waals surface area contributed by atoms with Gasteiger partial charge in [-0.05, 0) is 19.9 Å². The highest BCUT2D eigenvalue weighted by molar-refractivity contribution is 4.85. The first kappa shape index (κ1) is 12.5. The van der Waals surface area contributed by atoms with Crippen LogP contribution in [0.1, 0.15) is 44.3 Å². The summed E-state index contributed by atoms with van der Waals surface area (Å²) in [4.78, 5) is 4.24. The molecule has 0 aromatic carbocycles. The minimum Gasteiger partial charge on any atom is -0.367 e. The molecule has 0 spiro atoms. The normalized spacial score (nSPS) is 25.1. The lowest BCUT2D eigenvalue weighted by Gasteiger charge is -2.30. The Morgan fingerprint density at radius 3 is 2.94 bits per heavy atom. The average Bonchev–Trinajstić information content (AvgIpc) is 2.84. The number of hydrogen-bond acceptors (Lipinski definition) is 5. The molecule has 1 N–H and O–H groups in total. The smallest absolute Gasteiger partial charge is 0.252 e. The third-order valence-electron chi connectivity index (χ3n) is 3.32. The molecule has 1 fully saturated rings. The Balaban J connectivity index is 1.83. The Hall–Kier alpha value is -0.940. The van der Waals surface area contributed by atoms with E-state index in [2.05, 4.69) is 15.5 Å². The first-order valence-corrected chi connectivity index (χ1v) is 6.43. The molecule has 2 unspecified atom stereocenters. The van der Waals surface area contributed by atoms with Gasteiger partial charge in [-0.15, -0.1) is 0 Å². The highest BCUT2D eigenvalue weighted by Crippen LogP contribution is 2.21. The summed E-state index contributed by atoms with van der Waals surface area (Å²) in [5, 5.41) is 7.17. The number of likely N-dealkylation sites (N-methyl/N-ethyl adjacent to an activating group) is 1. The van der Waals surface area contributed by atoms with Gasteiger partial charge in [0.1, 0.15) is 6.61 Å². The van der Waals surface area contributed by atoms with Crippen LogP contribution < -0.4 is 5.32 Å². The fraction of sp³-hybridized carbons (Fsp3) is 0.833. The molecule has 1 aliphatic carbocycles. The van der Waals surface area contributed by atoms with Crippen molar-refractivity contribution in [2.45, 2.75) is 57.8 Å². The van der Waals surface area contributed by atoms with Gasteiger partial charge in [-0.25, -0.2) is 0 Å². The average molecular weight is 239 g/mol. The van der Waals surface area contributed by atoms with Gasteiger partial charge in [0.2, 0.25) is 0 Å². The van der Waals surface area contributed by atoms with E-state index < -0.39 is 0 Å². The van der Waals surface area contributed by atoms with Crippen LogP contribution in [-0.4, -0.2) is 29.3 Å². The molecule has 96 valence electrons. The summed E-state index contributed by atoms with van der Waals surface area (Å²) >= 11 is 0. The highest BCUT2D eigenvalue weighted by atomic mass is 16.5. The molecule has 5 nitrogen and oxygen atoms in total. The molecule has 0 aliphatic heterocycles. The third-order valence-corrected chi connectivity index (χ3v) is 3.32. The van der Waals surface area contributed by atoms with E-state index in [-0.39, 0.29) is 6.10 Å². The quantitative estimate of drug-likeness (QED) is 0.847. The number of aromatic nitrogens is 2. The van der Waals surface area contributed by atoms with Gasteiger partial charge >= 0.3 is 0 Å². The number of nitrogens with zero attached hydrogens (tertiary/aromatic N) is 2. The monoisotopic (exact) mass is 239 g/mol. The van der Waals surface area contributed by atoms with E-state index in [4.69, 9.17) is 9.26 Å². The molecule has 1 aliphatic rings. The Bertz CT molecular complexity index is 340. The molecule has 2 rings (SSSR count). The fourth-order valence-corrected chi connectivity index (χ4v) is 2.30. The topological polar surface area (TPSA) is 60.2 Å². The summed E-state index contributed by atoms with van der Waals surface area (Å²) in [6, 6.07) is 0.456. The van der Waals surface area contributed by atoms with Crippen LogP contribution in [-0.2, 0) is 17.8 Å². The molecule has 0 amide bonds. The van der Waals surface area contributed by atoms with Crippen LogP contribution in [0.15, 0.2) is 4.52 Å². The third kappa shape index (κ3) is 3.26. The maximum atomic E-state index is 5.87. The molecule has 0 bridgehead atoms. The van der Waals surface area contributed by atoms with E-state index in [9.17, 15) is 0 Å². The van der Waals surface area contributed by atoms with Crippen molar-refractivity contribution < 1.29 is 9.26 Å². The number of nitrogens with one attached hydrogen (secondary N) is 1. The van der Waals surface area contributed by atoms with Crippen LogP contribution in [0.4, 0.5) is 0 Å². The van der Waals surface area contributed by atoms with Gasteiger partial charge < -0.3 is 14.6 Å². The van der Waals surface area contributed by atoms with Gasteiger partial charge in [-0.2, -0.15) is 4.98 Å². The second-order valence-corrected chi connectivity index (χ2v) is 4.49. The number of hydrogen-bond donors (Lipinski definition) is 1. The minimum atomic E-state index is 0.269. The van der Waals surface area contributed by atoms with E-state index in [1.54, 1.807) is 0 Å². The van der Waals surface area contributed by atoms with E-state index in [0.29, 0.717) is 18.5 Å². The molecule has 1 aromatic heterocycles. The predicted octanol–water partition coefficient (Wildman–Crippen LogP) is 1.68. The summed E-state index contributed by atoms with van der Waals surface area (Å²) in [7, 11) is 1.99.